The first-order valence-corrected chi connectivity index (χ1v) is 3.54. The number of ketones is 1. The second kappa shape index (κ2) is 4.54. The van der Waals surface area contributed by atoms with Crippen LogP contribution in [0.3, 0.4) is 0 Å². The molecule has 1 radical (unpaired) electrons. The van der Waals surface area contributed by atoms with Crippen molar-refractivity contribution in [3.63, 3.8) is 0 Å². The molecule has 0 amide bonds. The van der Waals surface area contributed by atoms with Crippen LogP contribution in [0.25, 0.3) is 0 Å². The molecule has 0 saturated heterocycles. The van der Waals surface area contributed by atoms with Crippen molar-refractivity contribution in [2.24, 2.45) is 5.92 Å². The van der Waals surface area contributed by atoms with Crippen LogP contribution in [0, 0.1) is 12.8 Å². The SMILES string of the molecule is [CH2]C(C)C(=O)CCCC. The minimum atomic E-state index is -0.0171. The molecular weight excluding hydrogens is 112 g/mol. The van der Waals surface area contributed by atoms with E-state index in [9.17, 15) is 4.79 Å². The monoisotopic (exact) mass is 127 g/mol. The smallest absolute Gasteiger partial charge is 0.135 e. The molecule has 0 aliphatic heterocycles. The molecule has 0 rings (SSSR count). The van der Waals surface area contributed by atoms with Gasteiger partial charge in [0.05, 0.1) is 0 Å². The van der Waals surface area contributed by atoms with E-state index in [0.717, 1.165) is 12.8 Å². The normalized spacial score (nSPS) is 10.2. The quantitative estimate of drug-likeness (QED) is 0.566. The van der Waals surface area contributed by atoms with Crippen LogP contribution in [0.2, 0.25) is 0 Å². The zero-order valence-electron chi connectivity index (χ0n) is 6.31. The Morgan fingerprint density at radius 3 is 2.56 bits per heavy atom. The molecule has 0 spiro atoms. The summed E-state index contributed by atoms with van der Waals surface area (Å²) in [6, 6.07) is 0. The van der Waals surface area contributed by atoms with Crippen LogP contribution in [0.15, 0.2) is 0 Å². The van der Waals surface area contributed by atoms with Crippen LogP contribution in [-0.4, -0.2) is 5.78 Å². The zero-order chi connectivity index (χ0) is 7.28. The highest BCUT2D eigenvalue weighted by molar-refractivity contribution is 5.81. The maximum absolute atomic E-state index is 10.8. The predicted molar refractivity (Wildman–Crippen MR) is 39.1 cm³/mol. The van der Waals surface area contributed by atoms with Crippen molar-refractivity contribution in [1.29, 1.82) is 0 Å². The highest BCUT2D eigenvalue weighted by Gasteiger charge is 2.04. The lowest BCUT2D eigenvalue weighted by atomic mass is 10.0. The van der Waals surface area contributed by atoms with E-state index < -0.39 is 0 Å². The summed E-state index contributed by atoms with van der Waals surface area (Å²) in [6.45, 7) is 7.57. The van der Waals surface area contributed by atoms with Gasteiger partial charge in [-0.2, -0.15) is 0 Å². The first-order chi connectivity index (χ1) is 4.18. The lowest BCUT2D eigenvalue weighted by molar-refractivity contribution is -0.121. The van der Waals surface area contributed by atoms with Crippen LogP contribution in [-0.2, 0) is 4.79 Å². The van der Waals surface area contributed by atoms with E-state index in [1.807, 2.05) is 6.92 Å². The second-order valence-electron chi connectivity index (χ2n) is 2.47. The minimum Gasteiger partial charge on any atom is -0.299 e. The molecular formula is C8H15O. The van der Waals surface area contributed by atoms with Crippen LogP contribution >= 0.6 is 0 Å². The summed E-state index contributed by atoms with van der Waals surface area (Å²) < 4.78 is 0. The molecule has 0 aliphatic rings. The Hall–Kier alpha value is -0.330. The van der Waals surface area contributed by atoms with Crippen molar-refractivity contribution in [1.82, 2.24) is 0 Å². The standard InChI is InChI=1S/C8H15O/c1-4-5-6-8(9)7(2)3/h7H,2,4-6H2,1,3H3. The first kappa shape index (κ1) is 8.67. The molecule has 0 heterocycles. The Morgan fingerprint density at radius 1 is 1.67 bits per heavy atom. The maximum atomic E-state index is 10.8. The van der Waals surface area contributed by atoms with Crippen molar-refractivity contribution in [2.75, 3.05) is 0 Å². The van der Waals surface area contributed by atoms with Gasteiger partial charge in [0.1, 0.15) is 5.78 Å². The highest BCUT2D eigenvalue weighted by Crippen LogP contribution is 2.02. The Morgan fingerprint density at radius 2 is 2.22 bits per heavy atom. The molecule has 0 bridgehead atoms. The van der Waals surface area contributed by atoms with Crippen molar-refractivity contribution < 1.29 is 4.79 Å². The number of hydrogen-bond donors (Lipinski definition) is 0. The molecule has 0 saturated carbocycles. The Balaban J connectivity index is 3.28. The number of rotatable bonds is 4. The number of Topliss-reactive ketones (excluding diaryl/α,β-unsaturated/α-hetero) is 1. The summed E-state index contributed by atoms with van der Waals surface area (Å²) in [4.78, 5) is 10.8. The van der Waals surface area contributed by atoms with Gasteiger partial charge in [-0.25, -0.2) is 0 Å². The minimum absolute atomic E-state index is 0.0171. The molecule has 0 aromatic carbocycles. The molecule has 1 atom stereocenters. The number of carbonyl (C=O) groups is 1. The van der Waals surface area contributed by atoms with Gasteiger partial charge in [-0.05, 0) is 13.3 Å². The molecule has 53 valence electrons. The summed E-state index contributed by atoms with van der Waals surface area (Å²) >= 11 is 0. The van der Waals surface area contributed by atoms with Crippen LogP contribution in [0.5, 0.6) is 0 Å². The van der Waals surface area contributed by atoms with Gasteiger partial charge < -0.3 is 0 Å². The third-order valence-corrected chi connectivity index (χ3v) is 1.33. The predicted octanol–water partition coefficient (Wildman–Crippen LogP) is 2.22. The Labute approximate surface area is 57.5 Å². The van der Waals surface area contributed by atoms with Crippen LogP contribution in [0.1, 0.15) is 33.1 Å². The summed E-state index contributed by atoms with van der Waals surface area (Å²) in [5.41, 5.74) is 0. The molecule has 1 heteroatoms. The molecule has 0 aromatic rings. The largest absolute Gasteiger partial charge is 0.299 e. The average Bonchev–Trinajstić information content (AvgIpc) is 1.82. The van der Waals surface area contributed by atoms with Crippen molar-refractivity contribution in [2.45, 2.75) is 33.1 Å². The lowest BCUT2D eigenvalue weighted by Gasteiger charge is -2.00. The molecule has 1 unspecified atom stereocenters. The van der Waals surface area contributed by atoms with Crippen molar-refractivity contribution >= 4 is 5.78 Å². The van der Waals surface area contributed by atoms with Gasteiger partial charge in [0.2, 0.25) is 0 Å². The van der Waals surface area contributed by atoms with E-state index in [2.05, 4.69) is 13.8 Å². The summed E-state index contributed by atoms with van der Waals surface area (Å²) in [6.07, 6.45) is 2.82. The van der Waals surface area contributed by atoms with Gasteiger partial charge in [-0.15, -0.1) is 0 Å². The van der Waals surface area contributed by atoms with E-state index >= 15 is 0 Å². The van der Waals surface area contributed by atoms with Crippen LogP contribution < -0.4 is 0 Å². The summed E-state index contributed by atoms with van der Waals surface area (Å²) in [7, 11) is 0. The third-order valence-electron chi connectivity index (χ3n) is 1.33. The molecule has 0 N–H and O–H groups in total. The lowest BCUT2D eigenvalue weighted by Crippen LogP contribution is -2.05. The van der Waals surface area contributed by atoms with E-state index in [-0.39, 0.29) is 11.7 Å². The highest BCUT2D eigenvalue weighted by atomic mass is 16.1. The van der Waals surface area contributed by atoms with Gasteiger partial charge >= 0.3 is 0 Å². The zero-order valence-corrected chi connectivity index (χ0v) is 6.31. The molecule has 0 aromatic heterocycles. The molecule has 0 aliphatic carbocycles. The summed E-state index contributed by atoms with van der Waals surface area (Å²) in [5, 5.41) is 0. The average molecular weight is 127 g/mol. The second-order valence-corrected chi connectivity index (χ2v) is 2.47. The summed E-state index contributed by atoms with van der Waals surface area (Å²) in [5.74, 6) is 0.272. The van der Waals surface area contributed by atoms with Gasteiger partial charge in [0.15, 0.2) is 0 Å². The van der Waals surface area contributed by atoms with E-state index in [1.165, 1.54) is 0 Å². The van der Waals surface area contributed by atoms with Gasteiger partial charge in [0.25, 0.3) is 0 Å². The number of unbranched alkanes of at least 4 members (excludes halogenated alkanes) is 1. The fraction of sp³-hybridized carbons (Fsp3) is 0.750. The fourth-order valence-corrected chi connectivity index (χ4v) is 0.597. The number of hydrogen-bond acceptors (Lipinski definition) is 1. The van der Waals surface area contributed by atoms with E-state index in [4.69, 9.17) is 0 Å². The van der Waals surface area contributed by atoms with Gasteiger partial charge in [-0.1, -0.05) is 20.3 Å². The fourth-order valence-electron chi connectivity index (χ4n) is 0.597. The maximum Gasteiger partial charge on any atom is 0.135 e. The first-order valence-electron chi connectivity index (χ1n) is 3.54. The third kappa shape index (κ3) is 4.19. The Bertz CT molecular complexity index is 84.6. The van der Waals surface area contributed by atoms with Gasteiger partial charge in [0, 0.05) is 12.3 Å². The topological polar surface area (TPSA) is 17.1 Å². The van der Waals surface area contributed by atoms with Crippen molar-refractivity contribution in [3.8, 4) is 0 Å². The van der Waals surface area contributed by atoms with E-state index in [1.54, 1.807) is 0 Å². The molecule has 1 nitrogen and oxygen atoms in total. The molecule has 0 fully saturated rings. The van der Waals surface area contributed by atoms with Crippen LogP contribution in [0.4, 0.5) is 0 Å². The Kier molecular flexibility index (Phi) is 4.37. The van der Waals surface area contributed by atoms with E-state index in [0.29, 0.717) is 6.42 Å². The number of carbonyl (C=O) groups excluding carboxylic acids is 1. The van der Waals surface area contributed by atoms with Gasteiger partial charge in [-0.3, -0.25) is 4.79 Å². The van der Waals surface area contributed by atoms with Crippen molar-refractivity contribution in [3.05, 3.63) is 6.92 Å². The molecule has 9 heavy (non-hydrogen) atoms.